The van der Waals surface area contributed by atoms with Crippen LogP contribution >= 0.6 is 0 Å². The number of nitrogens with one attached hydrogen (secondary N) is 1. The Hall–Kier alpha value is -0.860. The van der Waals surface area contributed by atoms with Crippen LogP contribution in [-0.4, -0.2) is 30.1 Å². The van der Waals surface area contributed by atoms with E-state index < -0.39 is 0 Å². The SMILES string of the molecule is CC1(c2ccccc2)CN(C2(C)CCC2)CCCN1. The van der Waals surface area contributed by atoms with E-state index in [4.69, 9.17) is 0 Å². The standard InChI is InChI=1S/C17H26N2/c1-16(10-6-11-16)19-13-7-12-18-17(2,14-19)15-8-4-3-5-9-15/h3-5,8-9,18H,6-7,10-14H2,1-2H3. The van der Waals surface area contributed by atoms with E-state index in [2.05, 4.69) is 54.4 Å². The molecule has 3 rings (SSSR count). The molecular formula is C17H26N2. The van der Waals surface area contributed by atoms with E-state index in [1.165, 1.54) is 37.8 Å². The highest BCUT2D eigenvalue weighted by atomic mass is 15.2. The van der Waals surface area contributed by atoms with Crippen molar-refractivity contribution in [3.8, 4) is 0 Å². The van der Waals surface area contributed by atoms with E-state index in [1.807, 2.05) is 0 Å². The molecule has 2 fully saturated rings. The Morgan fingerprint density at radius 3 is 2.42 bits per heavy atom. The van der Waals surface area contributed by atoms with Gasteiger partial charge in [-0.2, -0.15) is 0 Å². The minimum absolute atomic E-state index is 0.0936. The molecule has 0 aromatic heterocycles. The Morgan fingerprint density at radius 2 is 1.79 bits per heavy atom. The van der Waals surface area contributed by atoms with Crippen molar-refractivity contribution in [2.24, 2.45) is 0 Å². The molecule has 0 radical (unpaired) electrons. The van der Waals surface area contributed by atoms with Gasteiger partial charge < -0.3 is 5.32 Å². The molecule has 1 atom stereocenters. The molecule has 19 heavy (non-hydrogen) atoms. The van der Waals surface area contributed by atoms with Crippen molar-refractivity contribution in [1.82, 2.24) is 10.2 Å². The van der Waals surface area contributed by atoms with Gasteiger partial charge in [-0.25, -0.2) is 0 Å². The van der Waals surface area contributed by atoms with E-state index in [0.29, 0.717) is 5.54 Å². The number of benzene rings is 1. The molecule has 2 heteroatoms. The van der Waals surface area contributed by atoms with Crippen molar-refractivity contribution in [3.63, 3.8) is 0 Å². The summed E-state index contributed by atoms with van der Waals surface area (Å²) >= 11 is 0. The van der Waals surface area contributed by atoms with Gasteiger partial charge in [-0.05, 0) is 58.2 Å². The summed E-state index contributed by atoms with van der Waals surface area (Å²) < 4.78 is 0. The molecule has 1 aromatic carbocycles. The summed E-state index contributed by atoms with van der Waals surface area (Å²) in [5.74, 6) is 0. The Bertz CT molecular complexity index is 424. The van der Waals surface area contributed by atoms with Crippen molar-refractivity contribution >= 4 is 0 Å². The van der Waals surface area contributed by atoms with Crippen LogP contribution < -0.4 is 5.32 Å². The van der Waals surface area contributed by atoms with E-state index in [-0.39, 0.29) is 5.54 Å². The summed E-state index contributed by atoms with van der Waals surface area (Å²) in [6, 6.07) is 10.9. The lowest BCUT2D eigenvalue weighted by Gasteiger charge is -2.50. The van der Waals surface area contributed by atoms with Gasteiger partial charge in [0.25, 0.3) is 0 Å². The second kappa shape index (κ2) is 4.92. The van der Waals surface area contributed by atoms with Gasteiger partial charge in [0.05, 0.1) is 5.54 Å². The number of nitrogens with zero attached hydrogens (tertiary/aromatic N) is 1. The normalized spacial score (nSPS) is 31.5. The molecule has 0 amide bonds. The summed E-state index contributed by atoms with van der Waals surface area (Å²) in [6.45, 7) is 8.31. The van der Waals surface area contributed by atoms with E-state index in [0.717, 1.165) is 13.1 Å². The molecule has 2 nitrogen and oxygen atoms in total. The first-order chi connectivity index (χ1) is 9.12. The topological polar surface area (TPSA) is 15.3 Å². The predicted molar refractivity (Wildman–Crippen MR) is 80.2 cm³/mol. The summed E-state index contributed by atoms with van der Waals surface area (Å²) in [4.78, 5) is 2.74. The molecule has 1 heterocycles. The van der Waals surface area contributed by atoms with E-state index in [1.54, 1.807) is 0 Å². The Kier molecular flexibility index (Phi) is 3.40. The van der Waals surface area contributed by atoms with Crippen LogP contribution in [0, 0.1) is 0 Å². The second-order valence-corrected chi connectivity index (χ2v) is 6.75. The van der Waals surface area contributed by atoms with Crippen LogP contribution in [0.3, 0.4) is 0 Å². The largest absolute Gasteiger partial charge is 0.307 e. The van der Waals surface area contributed by atoms with Crippen LogP contribution in [0.25, 0.3) is 0 Å². The van der Waals surface area contributed by atoms with Crippen molar-refractivity contribution in [3.05, 3.63) is 35.9 Å². The Morgan fingerprint density at radius 1 is 1.05 bits per heavy atom. The molecule has 1 N–H and O–H groups in total. The zero-order valence-corrected chi connectivity index (χ0v) is 12.3. The zero-order valence-electron chi connectivity index (χ0n) is 12.3. The first-order valence-corrected chi connectivity index (χ1v) is 7.68. The third-order valence-electron chi connectivity index (χ3n) is 5.23. The van der Waals surface area contributed by atoms with Crippen LogP contribution in [-0.2, 0) is 5.54 Å². The molecule has 0 spiro atoms. The third kappa shape index (κ3) is 2.44. The highest BCUT2D eigenvalue weighted by Crippen LogP contribution is 2.39. The van der Waals surface area contributed by atoms with Crippen LogP contribution in [0.5, 0.6) is 0 Å². The van der Waals surface area contributed by atoms with Crippen LogP contribution in [0.1, 0.15) is 45.1 Å². The fourth-order valence-electron chi connectivity index (χ4n) is 3.62. The molecule has 1 aliphatic carbocycles. The minimum atomic E-state index is 0.0936. The van der Waals surface area contributed by atoms with Crippen LogP contribution in [0.15, 0.2) is 30.3 Å². The Labute approximate surface area is 117 Å². The van der Waals surface area contributed by atoms with Gasteiger partial charge in [-0.1, -0.05) is 30.3 Å². The summed E-state index contributed by atoms with van der Waals surface area (Å²) in [7, 11) is 0. The molecule has 1 aromatic rings. The monoisotopic (exact) mass is 258 g/mol. The summed E-state index contributed by atoms with van der Waals surface area (Å²) in [5, 5.41) is 3.78. The lowest BCUT2D eigenvalue weighted by atomic mass is 9.76. The minimum Gasteiger partial charge on any atom is -0.307 e. The third-order valence-corrected chi connectivity index (χ3v) is 5.23. The lowest BCUT2D eigenvalue weighted by Crippen LogP contribution is -2.56. The van der Waals surface area contributed by atoms with Gasteiger partial charge in [0.1, 0.15) is 0 Å². The fourth-order valence-corrected chi connectivity index (χ4v) is 3.62. The second-order valence-electron chi connectivity index (χ2n) is 6.75. The molecular weight excluding hydrogens is 232 g/mol. The molecule has 1 saturated heterocycles. The van der Waals surface area contributed by atoms with Crippen LogP contribution in [0.2, 0.25) is 0 Å². The molecule has 1 unspecified atom stereocenters. The first kappa shape index (κ1) is 13.1. The maximum absolute atomic E-state index is 3.78. The highest BCUT2D eigenvalue weighted by molar-refractivity contribution is 5.25. The average Bonchev–Trinajstić information content (AvgIpc) is 2.60. The fraction of sp³-hybridized carbons (Fsp3) is 0.647. The number of hydrogen-bond donors (Lipinski definition) is 1. The summed E-state index contributed by atoms with van der Waals surface area (Å²) in [6.07, 6.45) is 5.41. The van der Waals surface area contributed by atoms with Crippen LogP contribution in [0.4, 0.5) is 0 Å². The molecule has 1 saturated carbocycles. The molecule has 0 bridgehead atoms. The van der Waals surface area contributed by atoms with Crippen molar-refractivity contribution in [1.29, 1.82) is 0 Å². The molecule has 2 aliphatic rings. The van der Waals surface area contributed by atoms with E-state index in [9.17, 15) is 0 Å². The molecule has 104 valence electrons. The average molecular weight is 258 g/mol. The number of rotatable bonds is 2. The zero-order chi connectivity index (χ0) is 13.3. The van der Waals surface area contributed by atoms with Gasteiger partial charge in [0.2, 0.25) is 0 Å². The first-order valence-electron chi connectivity index (χ1n) is 7.68. The van der Waals surface area contributed by atoms with Gasteiger partial charge in [0.15, 0.2) is 0 Å². The van der Waals surface area contributed by atoms with Gasteiger partial charge >= 0.3 is 0 Å². The van der Waals surface area contributed by atoms with Crippen molar-refractivity contribution in [2.75, 3.05) is 19.6 Å². The maximum atomic E-state index is 3.78. The maximum Gasteiger partial charge on any atom is 0.0535 e. The van der Waals surface area contributed by atoms with Crippen molar-refractivity contribution < 1.29 is 0 Å². The van der Waals surface area contributed by atoms with Gasteiger partial charge in [0, 0.05) is 12.1 Å². The molecule has 1 aliphatic heterocycles. The van der Waals surface area contributed by atoms with Gasteiger partial charge in [-0.3, -0.25) is 4.90 Å². The number of hydrogen-bond acceptors (Lipinski definition) is 2. The summed E-state index contributed by atoms with van der Waals surface area (Å²) in [5.41, 5.74) is 1.98. The Balaban J connectivity index is 1.84. The van der Waals surface area contributed by atoms with E-state index >= 15 is 0 Å². The van der Waals surface area contributed by atoms with Gasteiger partial charge in [-0.15, -0.1) is 0 Å². The smallest absolute Gasteiger partial charge is 0.0535 e. The van der Waals surface area contributed by atoms with Crippen molar-refractivity contribution in [2.45, 2.75) is 50.6 Å². The predicted octanol–water partition coefficient (Wildman–Crippen LogP) is 3.14. The quantitative estimate of drug-likeness (QED) is 0.876. The lowest BCUT2D eigenvalue weighted by molar-refractivity contribution is 0.0195. The highest BCUT2D eigenvalue weighted by Gasteiger charge is 2.42.